The number of nitrogens with one attached hydrogen (secondary N) is 2. The lowest BCUT2D eigenvalue weighted by Crippen LogP contribution is -2.29. The van der Waals surface area contributed by atoms with Crippen LogP contribution < -0.4 is 15.4 Å². The summed E-state index contributed by atoms with van der Waals surface area (Å²) < 4.78 is 19.5. The number of nitrogens with zero attached hydrogens (tertiary/aromatic N) is 4. The molecule has 2 aromatic carbocycles. The molecule has 0 atom stereocenters. The molecule has 1 heterocycles. The molecular formula is C16H15FN6O2. The maximum absolute atomic E-state index is 13.0. The SMILES string of the molecule is COc1ccc(NC(=O)NCc2nnnn2-c2ccc(F)cc2)cc1. The average molecular weight is 342 g/mol. The number of benzene rings is 2. The summed E-state index contributed by atoms with van der Waals surface area (Å²) in [5.74, 6) is 0.760. The van der Waals surface area contributed by atoms with Crippen LogP contribution >= 0.6 is 0 Å². The van der Waals surface area contributed by atoms with E-state index >= 15 is 0 Å². The number of hydrogen-bond acceptors (Lipinski definition) is 5. The second-order valence-electron chi connectivity index (χ2n) is 5.02. The van der Waals surface area contributed by atoms with Gasteiger partial charge in [0.05, 0.1) is 19.3 Å². The molecule has 0 spiro atoms. The molecule has 8 nitrogen and oxygen atoms in total. The van der Waals surface area contributed by atoms with Crippen LogP contribution in [0, 0.1) is 5.82 Å². The first-order chi connectivity index (χ1) is 12.2. The van der Waals surface area contributed by atoms with Gasteiger partial charge in [0, 0.05) is 5.69 Å². The second kappa shape index (κ2) is 7.39. The highest BCUT2D eigenvalue weighted by Crippen LogP contribution is 2.15. The minimum atomic E-state index is -0.404. The van der Waals surface area contributed by atoms with Crippen LogP contribution in [0.15, 0.2) is 48.5 Å². The standard InChI is InChI=1S/C16H15FN6O2/c1-25-14-8-4-12(5-9-14)19-16(24)18-10-15-20-21-22-23(15)13-6-2-11(17)3-7-13/h2-9H,10H2,1H3,(H2,18,19,24). The van der Waals surface area contributed by atoms with E-state index in [1.807, 2.05) is 0 Å². The number of rotatable bonds is 5. The molecule has 0 fully saturated rings. The fourth-order valence-electron chi connectivity index (χ4n) is 2.11. The first-order valence-electron chi connectivity index (χ1n) is 7.38. The van der Waals surface area contributed by atoms with E-state index < -0.39 is 6.03 Å². The molecule has 0 unspecified atom stereocenters. The largest absolute Gasteiger partial charge is 0.497 e. The minimum Gasteiger partial charge on any atom is -0.497 e. The number of methoxy groups -OCH3 is 1. The predicted molar refractivity (Wildman–Crippen MR) is 88.0 cm³/mol. The maximum Gasteiger partial charge on any atom is 0.319 e. The third-order valence-electron chi connectivity index (χ3n) is 3.36. The van der Waals surface area contributed by atoms with Gasteiger partial charge in [-0.25, -0.2) is 9.18 Å². The zero-order valence-corrected chi connectivity index (χ0v) is 13.3. The highest BCUT2D eigenvalue weighted by Gasteiger charge is 2.10. The van der Waals surface area contributed by atoms with Crippen LogP contribution in [0.4, 0.5) is 14.9 Å². The van der Waals surface area contributed by atoms with Crippen molar-refractivity contribution in [3.8, 4) is 11.4 Å². The van der Waals surface area contributed by atoms with Crippen LogP contribution in [-0.4, -0.2) is 33.3 Å². The van der Waals surface area contributed by atoms with Crippen molar-refractivity contribution in [2.45, 2.75) is 6.54 Å². The Labute approximate surface area is 142 Å². The maximum atomic E-state index is 13.0. The van der Waals surface area contributed by atoms with Crippen LogP contribution in [-0.2, 0) is 6.54 Å². The van der Waals surface area contributed by atoms with Gasteiger partial charge in [-0.05, 0) is 59.0 Å². The molecule has 128 valence electrons. The highest BCUT2D eigenvalue weighted by atomic mass is 19.1. The van der Waals surface area contributed by atoms with Gasteiger partial charge in [-0.2, -0.15) is 4.68 Å². The number of carbonyl (C=O) groups excluding carboxylic acids is 1. The van der Waals surface area contributed by atoms with E-state index in [1.54, 1.807) is 43.5 Å². The lowest BCUT2D eigenvalue weighted by atomic mass is 10.3. The lowest BCUT2D eigenvalue weighted by molar-refractivity contribution is 0.251. The van der Waals surface area contributed by atoms with Gasteiger partial charge in [-0.15, -0.1) is 5.10 Å². The van der Waals surface area contributed by atoms with Crippen LogP contribution in [0.1, 0.15) is 5.82 Å². The van der Waals surface area contributed by atoms with Gasteiger partial charge in [0.15, 0.2) is 5.82 Å². The minimum absolute atomic E-state index is 0.104. The summed E-state index contributed by atoms with van der Waals surface area (Å²) in [7, 11) is 1.57. The Morgan fingerprint density at radius 2 is 1.88 bits per heavy atom. The molecule has 2 amide bonds. The van der Waals surface area contributed by atoms with Crippen LogP contribution in [0.2, 0.25) is 0 Å². The Kier molecular flexibility index (Phi) is 4.84. The molecule has 9 heteroatoms. The van der Waals surface area contributed by atoms with Gasteiger partial charge in [0.1, 0.15) is 11.6 Å². The molecule has 0 bridgehead atoms. The fourth-order valence-corrected chi connectivity index (χ4v) is 2.11. The predicted octanol–water partition coefficient (Wildman–Crippen LogP) is 2.13. The van der Waals surface area contributed by atoms with Crippen LogP contribution in [0.25, 0.3) is 5.69 Å². The normalized spacial score (nSPS) is 10.3. The quantitative estimate of drug-likeness (QED) is 0.741. The van der Waals surface area contributed by atoms with Crippen LogP contribution in [0.3, 0.4) is 0 Å². The topological polar surface area (TPSA) is 94.0 Å². The van der Waals surface area contributed by atoms with E-state index in [9.17, 15) is 9.18 Å². The number of amides is 2. The van der Waals surface area contributed by atoms with E-state index in [1.165, 1.54) is 16.8 Å². The monoisotopic (exact) mass is 342 g/mol. The Balaban J connectivity index is 1.61. The number of ether oxygens (including phenoxy) is 1. The number of hydrogen-bond donors (Lipinski definition) is 2. The van der Waals surface area contributed by atoms with Gasteiger partial charge in [0.2, 0.25) is 0 Å². The zero-order chi connectivity index (χ0) is 17.6. The van der Waals surface area contributed by atoms with E-state index in [4.69, 9.17) is 4.74 Å². The summed E-state index contributed by atoms with van der Waals surface area (Å²) >= 11 is 0. The van der Waals surface area contributed by atoms with Crippen LogP contribution in [0.5, 0.6) is 5.75 Å². The molecule has 3 aromatic rings. The average Bonchev–Trinajstić information content (AvgIpc) is 3.10. The number of carbonyl (C=O) groups is 1. The van der Waals surface area contributed by atoms with Crippen molar-refractivity contribution >= 4 is 11.7 Å². The Morgan fingerprint density at radius 1 is 1.16 bits per heavy atom. The van der Waals surface area contributed by atoms with Crippen molar-refractivity contribution in [1.29, 1.82) is 0 Å². The van der Waals surface area contributed by atoms with E-state index in [-0.39, 0.29) is 12.4 Å². The summed E-state index contributed by atoms with van der Waals surface area (Å²) in [6.07, 6.45) is 0. The van der Waals surface area contributed by atoms with Crippen molar-refractivity contribution in [2.75, 3.05) is 12.4 Å². The van der Waals surface area contributed by atoms with Gasteiger partial charge in [-0.3, -0.25) is 0 Å². The van der Waals surface area contributed by atoms with Gasteiger partial charge >= 0.3 is 6.03 Å². The first-order valence-corrected chi connectivity index (χ1v) is 7.38. The third kappa shape index (κ3) is 4.08. The van der Waals surface area contributed by atoms with Gasteiger partial charge in [-0.1, -0.05) is 0 Å². The highest BCUT2D eigenvalue weighted by molar-refractivity contribution is 5.89. The number of tetrazole rings is 1. The number of anilines is 1. The van der Waals surface area contributed by atoms with E-state index in [0.717, 1.165) is 0 Å². The van der Waals surface area contributed by atoms with Crippen molar-refractivity contribution in [1.82, 2.24) is 25.5 Å². The Hall–Kier alpha value is -3.49. The molecular weight excluding hydrogens is 327 g/mol. The summed E-state index contributed by atoms with van der Waals surface area (Å²) in [5.41, 5.74) is 1.22. The number of aromatic nitrogens is 4. The molecule has 0 saturated carbocycles. The second-order valence-corrected chi connectivity index (χ2v) is 5.02. The molecule has 0 aliphatic heterocycles. The summed E-state index contributed by atoms with van der Waals surface area (Å²) in [6, 6.07) is 12.2. The van der Waals surface area contributed by atoms with Crippen molar-refractivity contribution in [2.24, 2.45) is 0 Å². The molecule has 0 saturated heterocycles. The van der Waals surface area contributed by atoms with Crippen molar-refractivity contribution in [3.63, 3.8) is 0 Å². The van der Waals surface area contributed by atoms with Gasteiger partial charge in [0.25, 0.3) is 0 Å². The Bertz CT molecular complexity index is 848. The lowest BCUT2D eigenvalue weighted by Gasteiger charge is -2.08. The molecule has 3 rings (SSSR count). The molecule has 25 heavy (non-hydrogen) atoms. The fraction of sp³-hybridized carbons (Fsp3) is 0.125. The summed E-state index contributed by atoms with van der Waals surface area (Å²) in [5, 5.41) is 16.7. The first kappa shape index (κ1) is 16.4. The molecule has 0 aliphatic carbocycles. The van der Waals surface area contributed by atoms with Gasteiger partial charge < -0.3 is 15.4 Å². The number of urea groups is 1. The third-order valence-corrected chi connectivity index (χ3v) is 3.36. The molecule has 0 aliphatic rings. The molecule has 0 radical (unpaired) electrons. The molecule has 1 aromatic heterocycles. The smallest absolute Gasteiger partial charge is 0.319 e. The van der Waals surface area contributed by atoms with E-state index in [0.29, 0.717) is 22.9 Å². The Morgan fingerprint density at radius 3 is 2.56 bits per heavy atom. The number of halogens is 1. The summed E-state index contributed by atoms with van der Waals surface area (Å²) in [4.78, 5) is 12.0. The van der Waals surface area contributed by atoms with Crippen molar-refractivity contribution < 1.29 is 13.9 Å². The zero-order valence-electron chi connectivity index (χ0n) is 13.3. The van der Waals surface area contributed by atoms with Crippen molar-refractivity contribution in [3.05, 3.63) is 60.2 Å². The summed E-state index contributed by atoms with van der Waals surface area (Å²) in [6.45, 7) is 0.104. The van der Waals surface area contributed by atoms with E-state index in [2.05, 4.69) is 26.2 Å². The molecule has 2 N–H and O–H groups in total.